The van der Waals surface area contributed by atoms with Crippen LogP contribution in [0.1, 0.15) is 16.1 Å². The number of hydrogen-bond acceptors (Lipinski definition) is 7. The first-order valence-corrected chi connectivity index (χ1v) is 12.0. The first kappa shape index (κ1) is 19.7. The Labute approximate surface area is 176 Å². The Morgan fingerprint density at radius 1 is 1.07 bits per heavy atom. The van der Waals surface area contributed by atoms with Crippen LogP contribution in [-0.2, 0) is 10.0 Å². The van der Waals surface area contributed by atoms with Gasteiger partial charge in [-0.05, 0) is 35.7 Å². The highest BCUT2D eigenvalue weighted by Gasteiger charge is 2.31. The van der Waals surface area contributed by atoms with Crippen LogP contribution in [0.15, 0.2) is 52.1 Å². The van der Waals surface area contributed by atoms with Crippen molar-refractivity contribution in [3.63, 3.8) is 0 Å². The van der Waals surface area contributed by atoms with Crippen molar-refractivity contribution in [2.75, 3.05) is 26.2 Å². The summed E-state index contributed by atoms with van der Waals surface area (Å²) in [5, 5.41) is 13.4. The second-order valence-corrected chi connectivity index (χ2v) is 10.1. The number of carbonyl (C=O) groups is 1. The Kier molecular flexibility index (Phi) is 5.47. The minimum atomic E-state index is -3.65. The minimum Gasteiger partial charge on any atom is -0.335 e. The van der Waals surface area contributed by atoms with Gasteiger partial charge in [-0.15, -0.1) is 22.7 Å². The van der Waals surface area contributed by atoms with Gasteiger partial charge in [0.15, 0.2) is 0 Å². The van der Waals surface area contributed by atoms with Crippen molar-refractivity contribution in [3.05, 3.63) is 58.4 Å². The third-order valence-corrected chi connectivity index (χ3v) is 8.40. The van der Waals surface area contributed by atoms with E-state index in [1.165, 1.54) is 39.9 Å². The maximum absolute atomic E-state index is 12.8. The molecule has 1 amide bonds. The average Bonchev–Trinajstić information content (AvgIpc) is 3.45. The van der Waals surface area contributed by atoms with E-state index >= 15 is 0 Å². The fraction of sp³-hybridized carbons (Fsp3) is 0.211. The van der Waals surface area contributed by atoms with Crippen LogP contribution in [-0.4, -0.2) is 54.7 Å². The lowest BCUT2D eigenvalue weighted by Crippen LogP contribution is -2.50. The summed E-state index contributed by atoms with van der Waals surface area (Å²) < 4.78 is 27.0. The molecule has 1 aromatic carbocycles. The summed E-state index contributed by atoms with van der Waals surface area (Å²) in [6.07, 6.45) is 0. The summed E-state index contributed by atoms with van der Waals surface area (Å²) in [7, 11) is -3.65. The number of sulfonamides is 1. The summed E-state index contributed by atoms with van der Waals surface area (Å²) in [6.45, 7) is 1.05. The van der Waals surface area contributed by atoms with Crippen LogP contribution in [0, 0.1) is 11.3 Å². The molecule has 7 nitrogen and oxygen atoms in total. The number of thiophene rings is 1. The predicted molar refractivity (Wildman–Crippen MR) is 111 cm³/mol. The number of nitrogens with zero attached hydrogens (tertiary/aromatic N) is 4. The number of rotatable bonds is 4. The molecular formula is C19H16N4O3S3. The van der Waals surface area contributed by atoms with Crippen molar-refractivity contribution < 1.29 is 13.2 Å². The van der Waals surface area contributed by atoms with Crippen molar-refractivity contribution in [2.24, 2.45) is 0 Å². The zero-order valence-corrected chi connectivity index (χ0v) is 17.6. The predicted octanol–water partition coefficient (Wildman–Crippen LogP) is 2.89. The van der Waals surface area contributed by atoms with Gasteiger partial charge < -0.3 is 4.90 Å². The molecule has 0 unspecified atom stereocenters. The average molecular weight is 445 g/mol. The van der Waals surface area contributed by atoms with Crippen LogP contribution in [0.5, 0.6) is 0 Å². The van der Waals surface area contributed by atoms with Gasteiger partial charge in [0.1, 0.15) is 10.7 Å². The first-order valence-electron chi connectivity index (χ1n) is 8.78. The van der Waals surface area contributed by atoms with Crippen LogP contribution in [0.4, 0.5) is 0 Å². The van der Waals surface area contributed by atoms with E-state index in [1.54, 1.807) is 21.6 Å². The van der Waals surface area contributed by atoms with Gasteiger partial charge in [0.2, 0.25) is 10.0 Å². The molecule has 3 heterocycles. The monoisotopic (exact) mass is 444 g/mol. The first-order chi connectivity index (χ1) is 14.0. The van der Waals surface area contributed by atoms with E-state index in [-0.39, 0.29) is 23.9 Å². The molecule has 0 atom stereocenters. The third kappa shape index (κ3) is 3.95. The number of amides is 1. The molecule has 1 saturated heterocycles. The van der Waals surface area contributed by atoms with Crippen molar-refractivity contribution in [1.82, 2.24) is 14.2 Å². The standard InChI is InChI=1S/C19H16N4O3S3/c20-12-14-3-5-15(6-4-14)29(25,26)23-9-7-22(8-10-23)19(24)16-13-28-18(21-16)17-2-1-11-27-17/h1-6,11,13H,7-10H2. The summed E-state index contributed by atoms with van der Waals surface area (Å²) in [6, 6.07) is 11.7. The lowest BCUT2D eigenvalue weighted by atomic mass is 10.2. The van der Waals surface area contributed by atoms with Gasteiger partial charge in [0.25, 0.3) is 5.91 Å². The second kappa shape index (κ2) is 8.04. The molecule has 0 radical (unpaired) electrons. The van der Waals surface area contributed by atoms with Gasteiger partial charge in [-0.3, -0.25) is 4.79 Å². The number of hydrogen-bond donors (Lipinski definition) is 0. The molecule has 0 aliphatic carbocycles. The largest absolute Gasteiger partial charge is 0.335 e. The van der Waals surface area contributed by atoms with E-state index in [1.807, 2.05) is 23.6 Å². The van der Waals surface area contributed by atoms with Crippen molar-refractivity contribution in [2.45, 2.75) is 4.90 Å². The Morgan fingerprint density at radius 3 is 2.41 bits per heavy atom. The number of piperazine rings is 1. The summed E-state index contributed by atoms with van der Waals surface area (Å²) >= 11 is 3.00. The van der Waals surface area contributed by atoms with Gasteiger partial charge in [-0.25, -0.2) is 13.4 Å². The molecule has 0 N–H and O–H groups in total. The molecule has 10 heteroatoms. The molecule has 1 fully saturated rings. The maximum Gasteiger partial charge on any atom is 0.273 e. The number of nitriles is 1. The second-order valence-electron chi connectivity index (χ2n) is 6.35. The molecule has 148 valence electrons. The van der Waals surface area contributed by atoms with E-state index < -0.39 is 10.0 Å². The molecule has 29 heavy (non-hydrogen) atoms. The highest BCUT2D eigenvalue weighted by Crippen LogP contribution is 2.28. The van der Waals surface area contributed by atoms with E-state index in [2.05, 4.69) is 4.98 Å². The molecule has 2 aromatic heterocycles. The fourth-order valence-corrected chi connectivity index (χ4v) is 6.06. The van der Waals surface area contributed by atoms with Gasteiger partial charge in [0, 0.05) is 31.6 Å². The van der Waals surface area contributed by atoms with Crippen molar-refractivity contribution in [1.29, 1.82) is 5.26 Å². The molecule has 3 aromatic rings. The molecule has 0 bridgehead atoms. The summed E-state index contributed by atoms with van der Waals surface area (Å²) in [4.78, 5) is 20.0. The van der Waals surface area contributed by atoms with Gasteiger partial charge >= 0.3 is 0 Å². The normalized spacial score (nSPS) is 15.2. The lowest BCUT2D eigenvalue weighted by molar-refractivity contribution is 0.0693. The van der Waals surface area contributed by atoms with Gasteiger partial charge in [-0.2, -0.15) is 9.57 Å². The lowest BCUT2D eigenvalue weighted by Gasteiger charge is -2.33. The van der Waals surface area contributed by atoms with E-state index in [0.717, 1.165) is 9.88 Å². The van der Waals surface area contributed by atoms with Crippen molar-refractivity contribution in [3.8, 4) is 16.0 Å². The third-order valence-electron chi connectivity index (χ3n) is 4.60. The number of thiazole rings is 1. The fourth-order valence-electron chi connectivity index (χ4n) is 3.03. The van der Waals surface area contributed by atoms with E-state index in [4.69, 9.17) is 5.26 Å². The summed E-state index contributed by atoms with van der Waals surface area (Å²) in [5.41, 5.74) is 0.798. The van der Waals surface area contributed by atoms with Crippen LogP contribution in [0.25, 0.3) is 9.88 Å². The number of aromatic nitrogens is 1. The molecule has 1 aliphatic rings. The maximum atomic E-state index is 12.8. The topological polar surface area (TPSA) is 94.4 Å². The minimum absolute atomic E-state index is 0.149. The SMILES string of the molecule is N#Cc1ccc(S(=O)(=O)N2CCN(C(=O)c3csc(-c4cccs4)n3)CC2)cc1. The molecule has 0 saturated carbocycles. The number of benzene rings is 1. The van der Waals surface area contributed by atoms with E-state index in [9.17, 15) is 13.2 Å². The molecule has 0 spiro atoms. The van der Waals surface area contributed by atoms with Crippen LogP contribution >= 0.6 is 22.7 Å². The van der Waals surface area contributed by atoms with E-state index in [0.29, 0.717) is 24.3 Å². The quantitative estimate of drug-likeness (QED) is 0.617. The van der Waals surface area contributed by atoms with Gasteiger partial charge in [-0.1, -0.05) is 6.07 Å². The zero-order chi connectivity index (χ0) is 20.4. The summed E-state index contributed by atoms with van der Waals surface area (Å²) in [5.74, 6) is -0.181. The molecule has 1 aliphatic heterocycles. The number of carbonyl (C=O) groups excluding carboxylic acids is 1. The molecular weight excluding hydrogens is 428 g/mol. The smallest absolute Gasteiger partial charge is 0.273 e. The van der Waals surface area contributed by atoms with Crippen LogP contribution in [0.2, 0.25) is 0 Å². The Hall–Kier alpha value is -2.58. The highest BCUT2D eigenvalue weighted by molar-refractivity contribution is 7.89. The van der Waals surface area contributed by atoms with Gasteiger partial charge in [0.05, 0.1) is 21.4 Å². The molecule has 4 rings (SSSR count). The Balaban J connectivity index is 1.42. The van der Waals surface area contributed by atoms with Crippen LogP contribution < -0.4 is 0 Å². The zero-order valence-electron chi connectivity index (χ0n) is 15.2. The Bertz CT molecular complexity index is 1150. The highest BCUT2D eigenvalue weighted by atomic mass is 32.2. The van der Waals surface area contributed by atoms with Crippen molar-refractivity contribution >= 4 is 38.6 Å². The Morgan fingerprint density at radius 2 is 1.79 bits per heavy atom. The van der Waals surface area contributed by atoms with Crippen LogP contribution in [0.3, 0.4) is 0 Å².